The van der Waals surface area contributed by atoms with Crippen molar-refractivity contribution in [3.8, 4) is 0 Å². The van der Waals surface area contributed by atoms with Gasteiger partial charge in [0.05, 0.1) is 16.2 Å². The van der Waals surface area contributed by atoms with Gasteiger partial charge in [-0.05, 0) is 35.7 Å². The minimum atomic E-state index is -3.81. The van der Waals surface area contributed by atoms with Crippen LogP contribution >= 0.6 is 11.3 Å². The highest BCUT2D eigenvalue weighted by molar-refractivity contribution is 7.91. The number of amides is 2. The Hall–Kier alpha value is -2.30. The molecule has 2 atom stereocenters. The molecule has 0 aliphatic rings. The molecule has 1 aromatic carbocycles. The third-order valence-electron chi connectivity index (χ3n) is 3.55. The van der Waals surface area contributed by atoms with Gasteiger partial charge in [0.1, 0.15) is 11.9 Å². The Kier molecular flexibility index (Phi) is 6.46. The van der Waals surface area contributed by atoms with Crippen LogP contribution in [-0.4, -0.2) is 37.2 Å². The number of carbonyl (C=O) groups is 2. The van der Waals surface area contributed by atoms with Crippen molar-refractivity contribution >= 4 is 33.0 Å². The van der Waals surface area contributed by atoms with Gasteiger partial charge in [0.25, 0.3) is 11.8 Å². The van der Waals surface area contributed by atoms with Crippen LogP contribution in [0.2, 0.25) is 0 Å². The molecule has 1 aromatic heterocycles. The van der Waals surface area contributed by atoms with Gasteiger partial charge in [0, 0.05) is 11.3 Å². The first kappa shape index (κ1) is 20.0. The maximum absolute atomic E-state index is 12.9. The number of benzene rings is 1. The molecule has 7 nitrogen and oxygen atoms in total. The van der Waals surface area contributed by atoms with Crippen LogP contribution in [0.1, 0.15) is 17.3 Å². The van der Waals surface area contributed by atoms with Gasteiger partial charge in [0.2, 0.25) is 0 Å². The summed E-state index contributed by atoms with van der Waals surface area (Å²) >= 11 is 1.31. The zero-order chi connectivity index (χ0) is 19.3. The number of thiophene rings is 1. The van der Waals surface area contributed by atoms with Crippen LogP contribution in [-0.2, 0) is 14.6 Å². The van der Waals surface area contributed by atoms with Crippen molar-refractivity contribution in [3.05, 3.63) is 52.5 Å². The van der Waals surface area contributed by atoms with Gasteiger partial charge in [-0.2, -0.15) is 11.3 Å². The molecule has 0 aliphatic heterocycles. The molecule has 0 radical (unpaired) electrons. The van der Waals surface area contributed by atoms with Gasteiger partial charge in [-0.1, -0.05) is 6.92 Å². The Morgan fingerprint density at radius 3 is 2.42 bits per heavy atom. The quantitative estimate of drug-likeness (QED) is 0.497. The summed E-state index contributed by atoms with van der Waals surface area (Å²) in [5.41, 5.74) is 4.54. The Morgan fingerprint density at radius 1 is 1.19 bits per heavy atom. The van der Waals surface area contributed by atoms with Gasteiger partial charge in [-0.25, -0.2) is 12.8 Å². The molecular formula is C16H17FN2O5S2. The molecule has 3 N–H and O–H groups in total. The summed E-state index contributed by atoms with van der Waals surface area (Å²) in [5, 5.41) is 13.3. The number of hydrogen-bond donors (Lipinski definition) is 3. The van der Waals surface area contributed by atoms with E-state index < -0.39 is 45.2 Å². The molecule has 2 amide bonds. The smallest absolute Gasteiger partial charge is 0.270 e. The Labute approximate surface area is 153 Å². The fraction of sp³-hybridized carbons (Fsp3) is 0.250. The van der Waals surface area contributed by atoms with Crippen LogP contribution < -0.4 is 10.9 Å². The van der Waals surface area contributed by atoms with E-state index in [0.29, 0.717) is 5.56 Å². The van der Waals surface area contributed by atoms with Crippen LogP contribution in [0.15, 0.2) is 46.0 Å². The van der Waals surface area contributed by atoms with E-state index in [1.807, 2.05) is 0 Å². The molecule has 0 spiro atoms. The number of hydrazine groups is 1. The summed E-state index contributed by atoms with van der Waals surface area (Å²) in [6.45, 7) is 1.38. The largest absolute Gasteiger partial charge is 0.383 e. The third-order valence-corrected chi connectivity index (χ3v) is 6.18. The maximum atomic E-state index is 12.9. The molecule has 2 rings (SSSR count). The van der Waals surface area contributed by atoms with Gasteiger partial charge < -0.3 is 5.11 Å². The van der Waals surface area contributed by atoms with E-state index >= 15 is 0 Å². The van der Waals surface area contributed by atoms with E-state index in [9.17, 15) is 27.5 Å². The monoisotopic (exact) mass is 400 g/mol. The number of hydrogen-bond acceptors (Lipinski definition) is 6. The second-order valence-corrected chi connectivity index (χ2v) is 8.43. The Bertz CT molecular complexity index is 867. The first-order valence-corrected chi connectivity index (χ1v) is 10.1. The zero-order valence-electron chi connectivity index (χ0n) is 13.7. The highest BCUT2D eigenvalue weighted by Crippen LogP contribution is 2.17. The molecule has 0 fully saturated rings. The highest BCUT2D eigenvalue weighted by atomic mass is 32.2. The molecule has 0 saturated heterocycles. The average Bonchev–Trinajstić information content (AvgIpc) is 3.13. The van der Waals surface area contributed by atoms with Crippen molar-refractivity contribution in [1.82, 2.24) is 10.9 Å². The molecular weight excluding hydrogens is 383 g/mol. The highest BCUT2D eigenvalue weighted by Gasteiger charge is 2.28. The molecule has 26 heavy (non-hydrogen) atoms. The number of nitrogens with one attached hydrogen (secondary N) is 2. The van der Waals surface area contributed by atoms with Crippen molar-refractivity contribution in [2.75, 3.05) is 5.75 Å². The lowest BCUT2D eigenvalue weighted by Crippen LogP contribution is -2.48. The standard InChI is InChI=1S/C16H17FN2O5S2/c1-10(9-26(23,24)13-4-2-12(17)3-5-13)14(20)16(22)19-18-15(21)11-6-7-25-8-11/h2-8,10,14,20H,9H2,1H3,(H,18,21)(H,19,22). The van der Waals surface area contributed by atoms with Crippen LogP contribution in [0.4, 0.5) is 4.39 Å². The Balaban J connectivity index is 1.93. The van der Waals surface area contributed by atoms with Gasteiger partial charge in [-0.3, -0.25) is 20.4 Å². The van der Waals surface area contributed by atoms with Crippen molar-refractivity contribution in [2.45, 2.75) is 17.9 Å². The summed E-state index contributed by atoms with van der Waals surface area (Å²) in [5.74, 6) is -3.54. The van der Waals surface area contributed by atoms with Crippen molar-refractivity contribution in [3.63, 3.8) is 0 Å². The molecule has 1 heterocycles. The van der Waals surface area contributed by atoms with Crippen LogP contribution in [0.25, 0.3) is 0 Å². The fourth-order valence-corrected chi connectivity index (χ4v) is 4.35. The topological polar surface area (TPSA) is 113 Å². The molecule has 0 aliphatic carbocycles. The third kappa shape index (κ3) is 5.10. The van der Waals surface area contributed by atoms with Crippen LogP contribution in [0.3, 0.4) is 0 Å². The second kappa shape index (κ2) is 8.39. The zero-order valence-corrected chi connectivity index (χ0v) is 15.3. The maximum Gasteiger partial charge on any atom is 0.270 e. The molecule has 10 heteroatoms. The van der Waals surface area contributed by atoms with E-state index in [1.165, 1.54) is 18.3 Å². The summed E-state index contributed by atoms with van der Waals surface area (Å²) in [6.07, 6.45) is -1.66. The lowest BCUT2D eigenvalue weighted by atomic mass is 10.1. The number of aliphatic hydroxyl groups excluding tert-OH is 1. The van der Waals surface area contributed by atoms with E-state index in [4.69, 9.17) is 0 Å². The normalized spacial score (nSPS) is 13.7. The van der Waals surface area contributed by atoms with E-state index in [-0.39, 0.29) is 4.90 Å². The first-order valence-electron chi connectivity index (χ1n) is 7.49. The number of aliphatic hydroxyl groups is 1. The van der Waals surface area contributed by atoms with Crippen molar-refractivity contribution in [1.29, 1.82) is 0 Å². The number of rotatable bonds is 6. The predicted molar refractivity (Wildman–Crippen MR) is 93.6 cm³/mol. The van der Waals surface area contributed by atoms with E-state index in [2.05, 4.69) is 10.9 Å². The van der Waals surface area contributed by atoms with Crippen LogP contribution in [0.5, 0.6) is 0 Å². The number of sulfone groups is 1. The summed E-state index contributed by atoms with van der Waals surface area (Å²) < 4.78 is 37.4. The second-order valence-electron chi connectivity index (χ2n) is 5.61. The fourth-order valence-electron chi connectivity index (χ4n) is 2.09. The summed E-state index contributed by atoms with van der Waals surface area (Å²) in [4.78, 5) is 23.5. The number of halogens is 1. The lowest BCUT2D eigenvalue weighted by molar-refractivity contribution is -0.132. The molecule has 0 bridgehead atoms. The molecule has 0 saturated carbocycles. The minimum Gasteiger partial charge on any atom is -0.383 e. The predicted octanol–water partition coefficient (Wildman–Crippen LogP) is 1.12. The van der Waals surface area contributed by atoms with E-state index in [0.717, 1.165) is 24.3 Å². The van der Waals surface area contributed by atoms with Crippen molar-refractivity contribution in [2.24, 2.45) is 5.92 Å². The van der Waals surface area contributed by atoms with Gasteiger partial charge >= 0.3 is 0 Å². The minimum absolute atomic E-state index is 0.107. The van der Waals surface area contributed by atoms with Gasteiger partial charge in [0.15, 0.2) is 9.84 Å². The lowest BCUT2D eigenvalue weighted by Gasteiger charge is -2.18. The number of carbonyl (C=O) groups excluding carboxylic acids is 2. The average molecular weight is 400 g/mol. The SMILES string of the molecule is CC(CS(=O)(=O)c1ccc(F)cc1)C(O)C(=O)NNC(=O)c1ccsc1. The van der Waals surface area contributed by atoms with E-state index in [1.54, 1.807) is 16.8 Å². The first-order chi connectivity index (χ1) is 12.2. The molecule has 140 valence electrons. The van der Waals surface area contributed by atoms with Gasteiger partial charge in [-0.15, -0.1) is 0 Å². The molecule has 2 aromatic rings. The molecule has 2 unspecified atom stereocenters. The summed E-state index contributed by atoms with van der Waals surface area (Å²) in [6, 6.07) is 5.82. The van der Waals surface area contributed by atoms with Crippen molar-refractivity contribution < 1.29 is 27.5 Å². The van der Waals surface area contributed by atoms with Crippen LogP contribution in [0, 0.1) is 11.7 Å². The summed E-state index contributed by atoms with van der Waals surface area (Å²) in [7, 11) is -3.81. The Morgan fingerprint density at radius 2 is 1.85 bits per heavy atom.